The van der Waals surface area contributed by atoms with Crippen molar-refractivity contribution >= 4 is 22.5 Å². The minimum Gasteiger partial charge on any atom is -0.341 e. The molecule has 0 bridgehead atoms. The topological polar surface area (TPSA) is 88.0 Å². The van der Waals surface area contributed by atoms with Gasteiger partial charge in [0.15, 0.2) is 0 Å². The number of aryl methyl sites for hydroxylation is 1. The maximum absolute atomic E-state index is 11.4. The van der Waals surface area contributed by atoms with Gasteiger partial charge in [-0.15, -0.1) is 0 Å². The summed E-state index contributed by atoms with van der Waals surface area (Å²) in [6.45, 7) is 2.54. The molecule has 24 heavy (non-hydrogen) atoms. The SMILES string of the molecule is Cc1cnc(N2CCC[C@@H]2c2nc3ccccc3[nH]2)c([N+](=O)[O-])c1. The average molecular weight is 323 g/mol. The van der Waals surface area contributed by atoms with E-state index in [2.05, 4.69) is 15.0 Å². The number of pyridine rings is 1. The van der Waals surface area contributed by atoms with Crippen LogP contribution in [0.15, 0.2) is 36.5 Å². The van der Waals surface area contributed by atoms with E-state index in [1.165, 1.54) is 0 Å². The van der Waals surface area contributed by atoms with Gasteiger partial charge in [-0.25, -0.2) is 9.97 Å². The van der Waals surface area contributed by atoms with Crippen LogP contribution in [0.3, 0.4) is 0 Å². The van der Waals surface area contributed by atoms with Crippen molar-refractivity contribution in [3.8, 4) is 0 Å². The molecule has 2 aromatic heterocycles. The molecule has 3 aromatic rings. The summed E-state index contributed by atoms with van der Waals surface area (Å²) in [4.78, 5) is 25.4. The molecule has 1 atom stereocenters. The third kappa shape index (κ3) is 2.38. The summed E-state index contributed by atoms with van der Waals surface area (Å²) >= 11 is 0. The van der Waals surface area contributed by atoms with E-state index in [1.807, 2.05) is 36.1 Å². The number of hydrogen-bond acceptors (Lipinski definition) is 5. The predicted octanol–water partition coefficient (Wildman–Crippen LogP) is 3.52. The smallest absolute Gasteiger partial charge is 0.311 e. The molecule has 0 saturated carbocycles. The first-order valence-corrected chi connectivity index (χ1v) is 7.96. The van der Waals surface area contributed by atoms with Crippen molar-refractivity contribution in [2.75, 3.05) is 11.4 Å². The Hall–Kier alpha value is -2.96. The molecule has 1 aliphatic rings. The molecule has 0 spiro atoms. The number of benzene rings is 1. The number of anilines is 1. The number of hydrogen-bond donors (Lipinski definition) is 1. The zero-order valence-electron chi connectivity index (χ0n) is 13.3. The van der Waals surface area contributed by atoms with Gasteiger partial charge in [0.2, 0.25) is 5.82 Å². The minimum atomic E-state index is -0.358. The van der Waals surface area contributed by atoms with Gasteiger partial charge in [0.05, 0.1) is 22.0 Å². The summed E-state index contributed by atoms with van der Waals surface area (Å²) in [5, 5.41) is 11.4. The number of aromatic amines is 1. The Bertz CT molecular complexity index is 887. The zero-order valence-corrected chi connectivity index (χ0v) is 13.3. The number of nitro groups is 1. The van der Waals surface area contributed by atoms with Gasteiger partial charge < -0.3 is 9.88 Å². The van der Waals surface area contributed by atoms with E-state index < -0.39 is 0 Å². The van der Waals surface area contributed by atoms with Crippen LogP contribution >= 0.6 is 0 Å². The molecule has 1 saturated heterocycles. The molecule has 0 amide bonds. The minimum absolute atomic E-state index is 0.0219. The van der Waals surface area contributed by atoms with Crippen molar-refractivity contribution < 1.29 is 4.92 Å². The van der Waals surface area contributed by atoms with Crippen molar-refractivity contribution in [3.05, 3.63) is 58.0 Å². The molecule has 7 heteroatoms. The summed E-state index contributed by atoms with van der Waals surface area (Å²) in [5.74, 6) is 1.26. The zero-order chi connectivity index (χ0) is 16.7. The summed E-state index contributed by atoms with van der Waals surface area (Å²) in [6.07, 6.45) is 3.53. The van der Waals surface area contributed by atoms with Crippen molar-refractivity contribution in [2.45, 2.75) is 25.8 Å². The van der Waals surface area contributed by atoms with E-state index in [4.69, 9.17) is 0 Å². The normalized spacial score (nSPS) is 17.5. The summed E-state index contributed by atoms with van der Waals surface area (Å²) in [5.41, 5.74) is 2.72. The van der Waals surface area contributed by atoms with E-state index in [0.29, 0.717) is 5.82 Å². The van der Waals surface area contributed by atoms with Crippen LogP contribution in [-0.2, 0) is 0 Å². The second kappa shape index (κ2) is 5.59. The van der Waals surface area contributed by atoms with Crippen LogP contribution in [-0.4, -0.2) is 26.4 Å². The fourth-order valence-electron chi connectivity index (χ4n) is 3.34. The fourth-order valence-corrected chi connectivity index (χ4v) is 3.34. The maximum Gasteiger partial charge on any atom is 0.311 e. The van der Waals surface area contributed by atoms with Crippen LogP contribution in [0, 0.1) is 17.0 Å². The highest BCUT2D eigenvalue weighted by Crippen LogP contribution is 2.38. The molecular formula is C17H17N5O2. The van der Waals surface area contributed by atoms with Gasteiger partial charge >= 0.3 is 5.69 Å². The third-order valence-electron chi connectivity index (χ3n) is 4.43. The number of aromatic nitrogens is 3. The van der Waals surface area contributed by atoms with Crippen molar-refractivity contribution in [2.24, 2.45) is 0 Å². The Morgan fingerprint density at radius 1 is 1.38 bits per heavy atom. The molecule has 1 aromatic carbocycles. The number of rotatable bonds is 3. The van der Waals surface area contributed by atoms with E-state index in [-0.39, 0.29) is 16.7 Å². The second-order valence-corrected chi connectivity index (χ2v) is 6.10. The Morgan fingerprint density at radius 2 is 2.21 bits per heavy atom. The highest BCUT2D eigenvalue weighted by atomic mass is 16.6. The number of nitrogens with one attached hydrogen (secondary N) is 1. The van der Waals surface area contributed by atoms with Crippen LogP contribution in [0.4, 0.5) is 11.5 Å². The van der Waals surface area contributed by atoms with E-state index in [1.54, 1.807) is 12.3 Å². The van der Waals surface area contributed by atoms with Crippen molar-refractivity contribution in [1.29, 1.82) is 0 Å². The highest BCUT2D eigenvalue weighted by molar-refractivity contribution is 5.75. The molecule has 122 valence electrons. The fraction of sp³-hybridized carbons (Fsp3) is 0.294. The molecule has 1 aliphatic heterocycles. The molecular weight excluding hydrogens is 306 g/mol. The number of para-hydroxylation sites is 2. The van der Waals surface area contributed by atoms with E-state index in [9.17, 15) is 10.1 Å². The average Bonchev–Trinajstić information content (AvgIpc) is 3.20. The van der Waals surface area contributed by atoms with Gasteiger partial charge in [0.25, 0.3) is 0 Å². The van der Waals surface area contributed by atoms with E-state index in [0.717, 1.165) is 41.8 Å². The van der Waals surface area contributed by atoms with Gasteiger partial charge in [-0.05, 0) is 37.5 Å². The standard InChI is InChI=1S/C17H17N5O2/c1-11-9-15(22(23)24)17(18-10-11)21-8-4-7-14(21)16-19-12-5-2-3-6-13(12)20-16/h2-3,5-6,9-10,14H,4,7-8H2,1H3,(H,19,20)/t14-/m1/s1. The molecule has 3 heterocycles. The van der Waals surface area contributed by atoms with Crippen LogP contribution in [0.25, 0.3) is 11.0 Å². The maximum atomic E-state index is 11.4. The molecule has 4 rings (SSSR count). The summed E-state index contributed by atoms with van der Waals surface area (Å²) < 4.78 is 0. The predicted molar refractivity (Wildman–Crippen MR) is 91.0 cm³/mol. The van der Waals surface area contributed by atoms with Crippen molar-refractivity contribution in [3.63, 3.8) is 0 Å². The first-order valence-electron chi connectivity index (χ1n) is 7.96. The summed E-state index contributed by atoms with van der Waals surface area (Å²) in [7, 11) is 0. The third-order valence-corrected chi connectivity index (χ3v) is 4.43. The number of nitrogens with zero attached hydrogens (tertiary/aromatic N) is 4. The lowest BCUT2D eigenvalue weighted by atomic mass is 10.2. The quantitative estimate of drug-likeness (QED) is 0.588. The Morgan fingerprint density at radius 3 is 3.00 bits per heavy atom. The first kappa shape index (κ1) is 14.6. The molecule has 1 fully saturated rings. The van der Waals surface area contributed by atoms with Gasteiger partial charge in [-0.2, -0.15) is 0 Å². The number of imidazole rings is 1. The van der Waals surface area contributed by atoms with Gasteiger partial charge in [0, 0.05) is 18.8 Å². The molecule has 0 radical (unpaired) electrons. The lowest BCUT2D eigenvalue weighted by Crippen LogP contribution is -2.25. The van der Waals surface area contributed by atoms with Crippen molar-refractivity contribution in [1.82, 2.24) is 15.0 Å². The van der Waals surface area contributed by atoms with Crippen LogP contribution in [0.2, 0.25) is 0 Å². The summed E-state index contributed by atoms with van der Waals surface area (Å²) in [6, 6.07) is 9.41. The van der Waals surface area contributed by atoms with E-state index >= 15 is 0 Å². The second-order valence-electron chi connectivity index (χ2n) is 6.10. The molecule has 0 aliphatic carbocycles. The van der Waals surface area contributed by atoms with Crippen LogP contribution < -0.4 is 4.90 Å². The Kier molecular flexibility index (Phi) is 3.41. The number of fused-ring (bicyclic) bond motifs is 1. The lowest BCUT2D eigenvalue weighted by molar-refractivity contribution is -0.384. The van der Waals surface area contributed by atoms with Gasteiger partial charge in [-0.1, -0.05) is 12.1 Å². The van der Waals surface area contributed by atoms with Gasteiger partial charge in [0.1, 0.15) is 5.82 Å². The number of H-pyrrole nitrogens is 1. The molecule has 1 N–H and O–H groups in total. The lowest BCUT2D eigenvalue weighted by Gasteiger charge is -2.23. The Labute approximate surface area is 138 Å². The molecule has 0 unspecified atom stereocenters. The highest BCUT2D eigenvalue weighted by Gasteiger charge is 2.33. The van der Waals surface area contributed by atoms with Crippen LogP contribution in [0.1, 0.15) is 30.3 Å². The molecule has 7 nitrogen and oxygen atoms in total. The largest absolute Gasteiger partial charge is 0.341 e. The van der Waals surface area contributed by atoms with Gasteiger partial charge in [-0.3, -0.25) is 10.1 Å². The monoisotopic (exact) mass is 323 g/mol. The Balaban J connectivity index is 1.77. The van der Waals surface area contributed by atoms with Crippen LogP contribution in [0.5, 0.6) is 0 Å². The first-order chi connectivity index (χ1) is 11.6.